The van der Waals surface area contributed by atoms with Crippen LogP contribution < -0.4 is 29.6 Å². The fourth-order valence-corrected chi connectivity index (χ4v) is 6.39. The molecule has 0 bridgehead atoms. The second kappa shape index (κ2) is 15.4. The molecular weight excluding hydrogens is 488 g/mol. The Morgan fingerprint density at radius 1 is 0.513 bits per heavy atom. The first-order valence-electron chi connectivity index (χ1n) is 15.1. The molecule has 2 atom stereocenters. The lowest BCUT2D eigenvalue weighted by molar-refractivity contribution is 0.351. The highest BCUT2D eigenvalue weighted by Gasteiger charge is 2.23. The minimum absolute atomic E-state index is 0.433. The predicted molar refractivity (Wildman–Crippen MR) is 159 cm³/mol. The van der Waals surface area contributed by atoms with Gasteiger partial charge in [-0.2, -0.15) is 0 Å². The number of rotatable bonds is 16. The van der Waals surface area contributed by atoms with E-state index >= 15 is 0 Å². The summed E-state index contributed by atoms with van der Waals surface area (Å²) in [4.78, 5) is 0. The summed E-state index contributed by atoms with van der Waals surface area (Å²) in [6.45, 7) is 2.08. The molecule has 0 aliphatic carbocycles. The number of hydrogen-bond acceptors (Lipinski definition) is 6. The zero-order valence-electron chi connectivity index (χ0n) is 24.7. The van der Waals surface area contributed by atoms with E-state index in [2.05, 4.69) is 34.9 Å². The molecule has 39 heavy (non-hydrogen) atoms. The number of fused-ring (bicyclic) bond motifs is 2. The average molecular weight is 539 g/mol. The minimum Gasteiger partial charge on any atom is -0.493 e. The molecule has 2 N–H and O–H groups in total. The number of benzene rings is 2. The molecule has 2 aromatic carbocycles. The van der Waals surface area contributed by atoms with Crippen molar-refractivity contribution in [1.29, 1.82) is 0 Å². The topological polar surface area (TPSA) is 61.0 Å². The van der Waals surface area contributed by atoms with Crippen LogP contribution in [0.4, 0.5) is 0 Å². The molecular formula is C33H50N2O4. The number of ether oxygens (including phenoxy) is 4. The van der Waals surface area contributed by atoms with Gasteiger partial charge in [-0.3, -0.25) is 0 Å². The van der Waals surface area contributed by atoms with Crippen LogP contribution in [0.2, 0.25) is 0 Å². The van der Waals surface area contributed by atoms with Gasteiger partial charge in [-0.25, -0.2) is 0 Å². The van der Waals surface area contributed by atoms with Gasteiger partial charge in [0, 0.05) is 12.1 Å². The third-order valence-electron chi connectivity index (χ3n) is 8.60. The van der Waals surface area contributed by atoms with Crippen LogP contribution in [0.25, 0.3) is 0 Å². The van der Waals surface area contributed by atoms with Crippen molar-refractivity contribution in [2.45, 2.75) is 95.6 Å². The Morgan fingerprint density at radius 2 is 0.846 bits per heavy atom. The molecule has 2 aliphatic rings. The highest BCUT2D eigenvalue weighted by molar-refractivity contribution is 5.50. The standard InChI is InChI=1S/C33H50N2O4/c1-36-30-20-24-16-18-34-28(26(24)22-32(30)38-3)14-12-10-8-6-5-7-9-11-13-15-29-27-23-33(39-4)31(37-2)21-25(27)17-19-35-29/h20-23,28-29,34-35H,5-19H2,1-4H3. The van der Waals surface area contributed by atoms with Crippen LogP contribution in [-0.4, -0.2) is 41.5 Å². The SMILES string of the molecule is COc1cc2c(cc1OC)C(CCCCCCCCCCCC1NCCc3cc(OC)c(OC)cc31)NCC2. The molecule has 216 valence electrons. The average Bonchev–Trinajstić information content (AvgIpc) is 2.98. The van der Waals surface area contributed by atoms with E-state index in [1.165, 1.54) is 92.9 Å². The molecule has 2 aromatic rings. The monoisotopic (exact) mass is 538 g/mol. The van der Waals surface area contributed by atoms with E-state index in [0.717, 1.165) is 48.9 Å². The summed E-state index contributed by atoms with van der Waals surface area (Å²) in [5.74, 6) is 3.36. The number of methoxy groups -OCH3 is 4. The maximum absolute atomic E-state index is 5.55. The number of hydrogen-bond donors (Lipinski definition) is 2. The normalized spacial score (nSPS) is 18.3. The van der Waals surface area contributed by atoms with E-state index < -0.39 is 0 Å². The van der Waals surface area contributed by atoms with E-state index in [4.69, 9.17) is 18.9 Å². The van der Waals surface area contributed by atoms with E-state index in [0.29, 0.717) is 12.1 Å². The molecule has 0 fully saturated rings. The lowest BCUT2D eigenvalue weighted by Gasteiger charge is -2.28. The van der Waals surface area contributed by atoms with E-state index in [-0.39, 0.29) is 0 Å². The maximum Gasteiger partial charge on any atom is 0.161 e. The Kier molecular flexibility index (Phi) is 11.6. The highest BCUT2D eigenvalue weighted by Crippen LogP contribution is 2.38. The van der Waals surface area contributed by atoms with Gasteiger partial charge in [0.2, 0.25) is 0 Å². The molecule has 2 unspecified atom stereocenters. The van der Waals surface area contributed by atoms with Crippen LogP contribution in [0, 0.1) is 0 Å². The predicted octanol–water partition coefficient (Wildman–Crippen LogP) is 7.09. The van der Waals surface area contributed by atoms with Crippen molar-refractivity contribution in [1.82, 2.24) is 10.6 Å². The molecule has 2 heterocycles. The zero-order valence-corrected chi connectivity index (χ0v) is 24.7. The van der Waals surface area contributed by atoms with Gasteiger partial charge in [-0.05, 0) is 85.3 Å². The number of nitrogens with one attached hydrogen (secondary N) is 2. The summed E-state index contributed by atoms with van der Waals surface area (Å²) in [6, 6.07) is 9.57. The molecule has 4 rings (SSSR count). The third kappa shape index (κ3) is 7.82. The van der Waals surface area contributed by atoms with Gasteiger partial charge >= 0.3 is 0 Å². The Bertz CT molecular complexity index is 959. The van der Waals surface area contributed by atoms with Crippen molar-refractivity contribution in [3.05, 3.63) is 46.5 Å². The molecule has 0 radical (unpaired) electrons. The van der Waals surface area contributed by atoms with Crippen LogP contribution >= 0.6 is 0 Å². The van der Waals surface area contributed by atoms with Gasteiger partial charge in [-0.1, -0.05) is 57.8 Å². The van der Waals surface area contributed by atoms with Gasteiger partial charge in [0.1, 0.15) is 0 Å². The second-order valence-electron chi connectivity index (χ2n) is 11.1. The third-order valence-corrected chi connectivity index (χ3v) is 8.60. The van der Waals surface area contributed by atoms with Crippen molar-refractivity contribution < 1.29 is 18.9 Å². The van der Waals surface area contributed by atoms with E-state index in [9.17, 15) is 0 Å². The lowest BCUT2D eigenvalue weighted by Crippen LogP contribution is -2.29. The smallest absolute Gasteiger partial charge is 0.161 e. The van der Waals surface area contributed by atoms with Crippen molar-refractivity contribution in [3.63, 3.8) is 0 Å². The van der Waals surface area contributed by atoms with E-state index in [1.807, 2.05) is 0 Å². The van der Waals surface area contributed by atoms with Gasteiger partial charge in [0.25, 0.3) is 0 Å². The van der Waals surface area contributed by atoms with Gasteiger partial charge in [-0.15, -0.1) is 0 Å². The van der Waals surface area contributed by atoms with Crippen LogP contribution in [0.15, 0.2) is 24.3 Å². The maximum atomic E-state index is 5.55. The Labute approximate surface area is 236 Å². The molecule has 0 aromatic heterocycles. The van der Waals surface area contributed by atoms with Gasteiger partial charge < -0.3 is 29.6 Å². The molecule has 0 saturated carbocycles. The Morgan fingerprint density at radius 3 is 1.21 bits per heavy atom. The van der Waals surface area contributed by atoms with Crippen LogP contribution in [0.5, 0.6) is 23.0 Å². The van der Waals surface area contributed by atoms with Gasteiger partial charge in [0.05, 0.1) is 28.4 Å². The van der Waals surface area contributed by atoms with Crippen LogP contribution in [0.1, 0.15) is 105 Å². The first-order valence-corrected chi connectivity index (χ1v) is 15.1. The summed E-state index contributed by atoms with van der Waals surface area (Å²) in [5.41, 5.74) is 5.59. The zero-order chi connectivity index (χ0) is 27.5. The summed E-state index contributed by atoms with van der Waals surface area (Å²) >= 11 is 0. The fraction of sp³-hybridized carbons (Fsp3) is 0.636. The number of unbranched alkanes of at least 4 members (excludes halogenated alkanes) is 8. The summed E-state index contributed by atoms with van der Waals surface area (Å²) in [7, 11) is 6.87. The molecule has 2 aliphatic heterocycles. The molecule has 6 nitrogen and oxygen atoms in total. The fourth-order valence-electron chi connectivity index (χ4n) is 6.39. The highest BCUT2D eigenvalue weighted by atomic mass is 16.5. The van der Waals surface area contributed by atoms with Crippen molar-refractivity contribution >= 4 is 0 Å². The molecule has 0 amide bonds. The first-order chi connectivity index (χ1) is 19.2. The summed E-state index contributed by atoms with van der Waals surface area (Å²) in [6.07, 6.45) is 16.5. The molecule has 0 saturated heterocycles. The molecule has 6 heteroatoms. The quantitative estimate of drug-likeness (QED) is 0.223. The van der Waals surface area contributed by atoms with Crippen LogP contribution in [0.3, 0.4) is 0 Å². The largest absolute Gasteiger partial charge is 0.493 e. The Balaban J connectivity index is 1.07. The summed E-state index contributed by atoms with van der Waals surface area (Å²) in [5, 5.41) is 7.44. The van der Waals surface area contributed by atoms with E-state index in [1.54, 1.807) is 28.4 Å². The van der Waals surface area contributed by atoms with Gasteiger partial charge in [0.15, 0.2) is 23.0 Å². The van der Waals surface area contributed by atoms with Crippen molar-refractivity contribution in [2.75, 3.05) is 41.5 Å². The minimum atomic E-state index is 0.433. The second-order valence-corrected chi connectivity index (χ2v) is 11.1. The molecule has 0 spiro atoms. The van der Waals surface area contributed by atoms with Crippen molar-refractivity contribution in [2.24, 2.45) is 0 Å². The Hall–Kier alpha value is -2.44. The first kappa shape index (κ1) is 29.5. The van der Waals surface area contributed by atoms with Crippen LogP contribution in [-0.2, 0) is 12.8 Å². The van der Waals surface area contributed by atoms with Crippen molar-refractivity contribution in [3.8, 4) is 23.0 Å². The lowest BCUT2D eigenvalue weighted by atomic mass is 9.90. The summed E-state index contributed by atoms with van der Waals surface area (Å²) < 4.78 is 22.1.